The van der Waals surface area contributed by atoms with Crippen molar-refractivity contribution in [2.45, 2.75) is 25.8 Å². The Bertz CT molecular complexity index is 985. The predicted octanol–water partition coefficient (Wildman–Crippen LogP) is 3.64. The average molecular weight is 422 g/mol. The topological polar surface area (TPSA) is 61.0 Å². The molecule has 0 bridgehead atoms. The molecule has 0 fully saturated rings. The van der Waals surface area contributed by atoms with Gasteiger partial charge >= 0.3 is 0 Å². The predicted molar refractivity (Wildman–Crippen MR) is 122 cm³/mol. The number of aromatic nitrogens is 2. The zero-order valence-electron chi connectivity index (χ0n) is 16.8. The van der Waals surface area contributed by atoms with E-state index in [1.807, 2.05) is 12.1 Å². The van der Waals surface area contributed by atoms with Gasteiger partial charge in [0.1, 0.15) is 5.82 Å². The van der Waals surface area contributed by atoms with Crippen LogP contribution in [0.2, 0.25) is 10.3 Å². The summed E-state index contributed by atoms with van der Waals surface area (Å²) >= 11 is 5.75. The second-order valence-corrected chi connectivity index (χ2v) is 12.3. The molecule has 0 aliphatic rings. The number of hydrogen-bond donors (Lipinski definition) is 1. The molecule has 4 nitrogen and oxygen atoms in total. The van der Waals surface area contributed by atoms with Crippen LogP contribution in [0.4, 0.5) is 5.82 Å². The second kappa shape index (κ2) is 8.79. The minimum atomic E-state index is -2.60. The monoisotopic (exact) mass is 421 g/mol. The van der Waals surface area contributed by atoms with Crippen LogP contribution in [-0.4, -0.2) is 24.9 Å². The normalized spacial score (nSPS) is 11.6. The van der Waals surface area contributed by atoms with Crippen molar-refractivity contribution in [3.8, 4) is 11.8 Å². The Kier molecular flexibility index (Phi) is 6.38. The highest BCUT2D eigenvalue weighted by Gasteiger charge is 2.49. The van der Waals surface area contributed by atoms with Gasteiger partial charge in [-0.2, -0.15) is 4.98 Å². The van der Waals surface area contributed by atoms with Gasteiger partial charge in [-0.1, -0.05) is 93.3 Å². The molecule has 0 amide bonds. The van der Waals surface area contributed by atoms with Crippen LogP contribution in [0.25, 0.3) is 0 Å². The van der Waals surface area contributed by atoms with Crippen LogP contribution in [0, 0.1) is 11.8 Å². The van der Waals surface area contributed by atoms with E-state index in [1.54, 1.807) is 0 Å². The quantitative estimate of drug-likeness (QED) is 0.397. The summed E-state index contributed by atoms with van der Waals surface area (Å²) in [5, 5.41) is 2.45. The van der Waals surface area contributed by atoms with E-state index < -0.39 is 8.32 Å². The summed E-state index contributed by atoms with van der Waals surface area (Å²) in [6.07, 6.45) is 1.53. The van der Waals surface area contributed by atoms with Crippen molar-refractivity contribution in [3.05, 3.63) is 77.7 Å². The van der Waals surface area contributed by atoms with E-state index in [4.69, 9.17) is 21.8 Å². The number of nitrogen functional groups attached to an aromatic ring is 1. The molecule has 0 spiro atoms. The molecule has 2 N–H and O–H groups in total. The molecule has 3 aromatic rings. The fourth-order valence-electron chi connectivity index (χ4n) is 3.51. The van der Waals surface area contributed by atoms with Crippen molar-refractivity contribution in [2.24, 2.45) is 0 Å². The maximum Gasteiger partial charge on any atom is 0.262 e. The van der Waals surface area contributed by atoms with Crippen LogP contribution in [0.1, 0.15) is 26.3 Å². The second-order valence-electron chi connectivity index (χ2n) is 7.69. The first-order valence-electron chi connectivity index (χ1n) is 9.36. The van der Waals surface area contributed by atoms with Crippen LogP contribution in [0.5, 0.6) is 0 Å². The summed E-state index contributed by atoms with van der Waals surface area (Å²) in [5.41, 5.74) is 6.41. The molecule has 0 unspecified atom stereocenters. The number of benzene rings is 2. The maximum atomic E-state index is 6.71. The van der Waals surface area contributed by atoms with E-state index in [0.717, 1.165) is 0 Å². The molecule has 0 aliphatic heterocycles. The van der Waals surface area contributed by atoms with Crippen molar-refractivity contribution in [1.29, 1.82) is 0 Å². The largest absolute Gasteiger partial charge is 0.396 e. The third kappa shape index (κ3) is 4.51. The highest BCUT2D eigenvalue weighted by molar-refractivity contribution is 6.99. The van der Waals surface area contributed by atoms with E-state index >= 15 is 0 Å². The summed E-state index contributed by atoms with van der Waals surface area (Å²) in [7, 11) is -2.60. The summed E-state index contributed by atoms with van der Waals surface area (Å²) in [6.45, 7) is 6.97. The molecule has 2 aromatic carbocycles. The molecule has 29 heavy (non-hydrogen) atoms. The first kappa shape index (κ1) is 21.1. The van der Waals surface area contributed by atoms with E-state index in [-0.39, 0.29) is 22.7 Å². The molecular formula is C23H24ClN3OSi. The molecule has 0 radical (unpaired) electrons. The molecule has 6 heteroatoms. The lowest BCUT2D eigenvalue weighted by Gasteiger charge is -2.42. The molecule has 148 valence electrons. The van der Waals surface area contributed by atoms with Crippen LogP contribution >= 0.6 is 11.6 Å². The maximum absolute atomic E-state index is 6.71. The number of halogens is 1. The molecule has 0 saturated heterocycles. The van der Waals surface area contributed by atoms with Gasteiger partial charge in [0.05, 0.1) is 12.2 Å². The van der Waals surface area contributed by atoms with E-state index in [9.17, 15) is 0 Å². The van der Waals surface area contributed by atoms with Gasteiger partial charge in [-0.25, -0.2) is 4.98 Å². The third-order valence-corrected chi connectivity index (χ3v) is 9.95. The minimum absolute atomic E-state index is 0.0974. The highest BCUT2D eigenvalue weighted by atomic mass is 35.5. The molecule has 0 saturated carbocycles. The molecule has 0 aliphatic carbocycles. The number of nitrogens with two attached hydrogens (primary N) is 1. The Hall–Kier alpha value is -2.65. The minimum Gasteiger partial charge on any atom is -0.396 e. The molecule has 1 heterocycles. The highest BCUT2D eigenvalue weighted by Crippen LogP contribution is 2.36. The average Bonchev–Trinajstić information content (AvgIpc) is 2.70. The lowest BCUT2D eigenvalue weighted by molar-refractivity contribution is 0.346. The summed E-state index contributed by atoms with van der Waals surface area (Å²) in [4.78, 5) is 7.87. The number of rotatable bonds is 4. The Labute approximate surface area is 178 Å². The Balaban J connectivity index is 2.00. The zero-order valence-corrected chi connectivity index (χ0v) is 18.6. The van der Waals surface area contributed by atoms with Gasteiger partial charge in [-0.15, -0.1) is 0 Å². The van der Waals surface area contributed by atoms with E-state index in [2.05, 4.69) is 91.1 Å². The van der Waals surface area contributed by atoms with Gasteiger partial charge < -0.3 is 10.2 Å². The molecule has 3 rings (SSSR count). The van der Waals surface area contributed by atoms with Gasteiger partial charge in [-0.05, 0) is 27.0 Å². The van der Waals surface area contributed by atoms with E-state index in [1.165, 1.54) is 16.6 Å². The molecule has 1 aromatic heterocycles. The van der Waals surface area contributed by atoms with Crippen molar-refractivity contribution < 1.29 is 4.43 Å². The van der Waals surface area contributed by atoms with Crippen LogP contribution < -0.4 is 16.1 Å². The zero-order chi connectivity index (χ0) is 20.9. The van der Waals surface area contributed by atoms with Crippen molar-refractivity contribution >= 4 is 36.1 Å². The lowest BCUT2D eigenvalue weighted by Crippen LogP contribution is -2.66. The van der Waals surface area contributed by atoms with Crippen molar-refractivity contribution in [2.75, 3.05) is 12.3 Å². The first-order valence-corrected chi connectivity index (χ1v) is 11.6. The van der Waals surface area contributed by atoms with Gasteiger partial charge in [0.2, 0.25) is 5.28 Å². The first-order chi connectivity index (χ1) is 13.8. The summed E-state index contributed by atoms with van der Waals surface area (Å²) in [5.74, 6) is 6.36. The SMILES string of the molecule is CC(C)(C)[Si](OCC#Cc1cnc(Cl)nc1N)(c1ccccc1)c1ccccc1. The van der Waals surface area contributed by atoms with E-state index in [0.29, 0.717) is 5.56 Å². The number of anilines is 1. The number of hydrogen-bond acceptors (Lipinski definition) is 4. The molecular weight excluding hydrogens is 398 g/mol. The Morgan fingerprint density at radius 2 is 1.55 bits per heavy atom. The van der Waals surface area contributed by atoms with Gasteiger partial charge in [0.25, 0.3) is 8.32 Å². The van der Waals surface area contributed by atoms with Gasteiger partial charge in [0.15, 0.2) is 0 Å². The third-order valence-electron chi connectivity index (χ3n) is 4.79. The summed E-state index contributed by atoms with van der Waals surface area (Å²) in [6, 6.07) is 20.9. The van der Waals surface area contributed by atoms with Crippen LogP contribution in [0.15, 0.2) is 66.9 Å². The van der Waals surface area contributed by atoms with Crippen LogP contribution in [-0.2, 0) is 4.43 Å². The standard InChI is InChI=1S/C23H24ClN3OSi/c1-23(2,3)29(19-12-6-4-7-13-19,20-14-8-5-9-15-20)28-16-10-11-18-17-26-22(24)27-21(18)25/h4-9,12-15,17H,16H2,1-3H3,(H2,25,26,27). The Morgan fingerprint density at radius 3 is 2.03 bits per heavy atom. The van der Waals surface area contributed by atoms with Gasteiger partial charge in [-0.3, -0.25) is 0 Å². The Morgan fingerprint density at radius 1 is 1.00 bits per heavy atom. The van der Waals surface area contributed by atoms with Gasteiger partial charge in [0, 0.05) is 6.20 Å². The fraction of sp³-hybridized carbons (Fsp3) is 0.217. The summed E-state index contributed by atoms with van der Waals surface area (Å²) < 4.78 is 6.71. The fourth-order valence-corrected chi connectivity index (χ4v) is 8.09. The lowest BCUT2D eigenvalue weighted by atomic mass is 10.2. The van der Waals surface area contributed by atoms with Crippen LogP contribution in [0.3, 0.4) is 0 Å². The number of nitrogens with zero attached hydrogens (tertiary/aromatic N) is 2. The smallest absolute Gasteiger partial charge is 0.262 e. The molecule has 0 atom stereocenters. The van der Waals surface area contributed by atoms with Crippen molar-refractivity contribution in [1.82, 2.24) is 9.97 Å². The van der Waals surface area contributed by atoms with Crippen molar-refractivity contribution in [3.63, 3.8) is 0 Å².